The zero-order valence-electron chi connectivity index (χ0n) is 9.09. The molecule has 0 bridgehead atoms. The van der Waals surface area contributed by atoms with Gasteiger partial charge in [-0.2, -0.15) is 0 Å². The Labute approximate surface area is 99.2 Å². The van der Waals surface area contributed by atoms with Crippen LogP contribution in [0.25, 0.3) is 0 Å². The van der Waals surface area contributed by atoms with Crippen LogP contribution in [0.15, 0.2) is 24.3 Å². The molecule has 0 aliphatic carbocycles. The van der Waals surface area contributed by atoms with Crippen LogP contribution in [0, 0.1) is 0 Å². The van der Waals surface area contributed by atoms with Gasteiger partial charge in [-0.1, -0.05) is 41.9 Å². The van der Waals surface area contributed by atoms with Crippen molar-refractivity contribution in [3.8, 4) is 0 Å². The van der Waals surface area contributed by atoms with Gasteiger partial charge in [-0.05, 0) is 30.5 Å². The number of halogens is 1. The molecule has 0 aromatic heterocycles. The van der Waals surface area contributed by atoms with Crippen molar-refractivity contribution in [1.29, 1.82) is 0 Å². The van der Waals surface area contributed by atoms with Crippen LogP contribution in [0.3, 0.4) is 0 Å². The SMILES string of the molecule is CCc1cccc(NC(=O)[C@H](Br)CC)c1. The third-order valence-corrected chi connectivity index (χ3v) is 3.31. The van der Waals surface area contributed by atoms with E-state index < -0.39 is 0 Å². The molecule has 0 aliphatic rings. The standard InChI is InChI=1S/C12H16BrNO/c1-3-9-6-5-7-10(8-9)14-12(15)11(13)4-2/h5-8,11H,3-4H2,1-2H3,(H,14,15)/t11-/m1/s1. The molecule has 1 atom stereocenters. The molecule has 1 rings (SSSR count). The number of carbonyl (C=O) groups excluding carboxylic acids is 1. The van der Waals surface area contributed by atoms with Crippen molar-refractivity contribution in [2.24, 2.45) is 0 Å². The summed E-state index contributed by atoms with van der Waals surface area (Å²) in [5.41, 5.74) is 2.10. The molecule has 1 aromatic carbocycles. The number of aryl methyl sites for hydroxylation is 1. The second-order valence-corrected chi connectivity index (χ2v) is 4.52. The van der Waals surface area contributed by atoms with Gasteiger partial charge in [0.05, 0.1) is 4.83 Å². The Morgan fingerprint density at radius 2 is 2.20 bits per heavy atom. The normalized spacial score (nSPS) is 12.2. The van der Waals surface area contributed by atoms with E-state index >= 15 is 0 Å². The van der Waals surface area contributed by atoms with Gasteiger partial charge in [-0.3, -0.25) is 4.79 Å². The highest BCUT2D eigenvalue weighted by molar-refractivity contribution is 9.10. The second kappa shape index (κ2) is 5.91. The summed E-state index contributed by atoms with van der Waals surface area (Å²) in [7, 11) is 0. The number of anilines is 1. The van der Waals surface area contributed by atoms with Gasteiger partial charge < -0.3 is 5.32 Å². The lowest BCUT2D eigenvalue weighted by atomic mass is 10.1. The van der Waals surface area contributed by atoms with E-state index in [1.165, 1.54) is 5.56 Å². The fourth-order valence-corrected chi connectivity index (χ4v) is 1.39. The van der Waals surface area contributed by atoms with Gasteiger partial charge in [0.2, 0.25) is 5.91 Å². The van der Waals surface area contributed by atoms with Gasteiger partial charge in [-0.25, -0.2) is 0 Å². The van der Waals surface area contributed by atoms with Crippen LogP contribution in [0.2, 0.25) is 0 Å². The topological polar surface area (TPSA) is 29.1 Å². The van der Waals surface area contributed by atoms with Gasteiger partial charge >= 0.3 is 0 Å². The lowest BCUT2D eigenvalue weighted by molar-refractivity contribution is -0.115. The minimum atomic E-state index is -0.109. The molecule has 2 nitrogen and oxygen atoms in total. The predicted octanol–water partition coefficient (Wildman–Crippen LogP) is 3.36. The molecule has 1 aromatic rings. The summed E-state index contributed by atoms with van der Waals surface area (Å²) < 4.78 is 0. The molecule has 0 saturated heterocycles. The maximum Gasteiger partial charge on any atom is 0.238 e. The van der Waals surface area contributed by atoms with Crippen molar-refractivity contribution in [3.05, 3.63) is 29.8 Å². The Balaban J connectivity index is 2.68. The molecule has 15 heavy (non-hydrogen) atoms. The van der Waals surface area contributed by atoms with Crippen LogP contribution in [-0.4, -0.2) is 10.7 Å². The first-order valence-electron chi connectivity index (χ1n) is 5.21. The Morgan fingerprint density at radius 1 is 1.47 bits per heavy atom. The van der Waals surface area contributed by atoms with E-state index in [9.17, 15) is 4.79 Å². The number of rotatable bonds is 4. The van der Waals surface area contributed by atoms with E-state index in [4.69, 9.17) is 0 Å². The molecule has 0 saturated carbocycles. The fraction of sp³-hybridized carbons (Fsp3) is 0.417. The zero-order chi connectivity index (χ0) is 11.3. The molecular weight excluding hydrogens is 254 g/mol. The van der Waals surface area contributed by atoms with E-state index in [0.717, 1.165) is 18.5 Å². The lowest BCUT2D eigenvalue weighted by Gasteiger charge is -2.09. The summed E-state index contributed by atoms with van der Waals surface area (Å²) in [4.78, 5) is 11.5. The second-order valence-electron chi connectivity index (χ2n) is 3.42. The van der Waals surface area contributed by atoms with Crippen LogP contribution in [0.4, 0.5) is 5.69 Å². The summed E-state index contributed by atoms with van der Waals surface area (Å²) in [6.45, 7) is 4.07. The highest BCUT2D eigenvalue weighted by atomic mass is 79.9. The minimum absolute atomic E-state index is 0.0192. The summed E-state index contributed by atoms with van der Waals surface area (Å²) in [6.07, 6.45) is 1.77. The number of nitrogens with one attached hydrogen (secondary N) is 1. The third-order valence-electron chi connectivity index (χ3n) is 2.25. The number of hydrogen-bond acceptors (Lipinski definition) is 1. The number of carbonyl (C=O) groups is 1. The van der Waals surface area contributed by atoms with E-state index in [0.29, 0.717) is 0 Å². The van der Waals surface area contributed by atoms with Gasteiger partial charge in [0.25, 0.3) is 0 Å². The first kappa shape index (κ1) is 12.2. The molecule has 3 heteroatoms. The third kappa shape index (κ3) is 3.67. The molecule has 1 amide bonds. The number of amides is 1. The smallest absolute Gasteiger partial charge is 0.238 e. The van der Waals surface area contributed by atoms with Gasteiger partial charge in [0, 0.05) is 5.69 Å². The van der Waals surface area contributed by atoms with Gasteiger partial charge in [0.15, 0.2) is 0 Å². The van der Waals surface area contributed by atoms with Crippen molar-refractivity contribution < 1.29 is 4.79 Å². The molecule has 0 aliphatic heterocycles. The van der Waals surface area contributed by atoms with Crippen LogP contribution in [0.5, 0.6) is 0 Å². The van der Waals surface area contributed by atoms with Crippen LogP contribution in [0.1, 0.15) is 25.8 Å². The van der Waals surface area contributed by atoms with Gasteiger partial charge in [0.1, 0.15) is 0 Å². The van der Waals surface area contributed by atoms with E-state index in [-0.39, 0.29) is 10.7 Å². The van der Waals surface area contributed by atoms with Gasteiger partial charge in [-0.15, -0.1) is 0 Å². The van der Waals surface area contributed by atoms with Crippen LogP contribution in [-0.2, 0) is 11.2 Å². The highest BCUT2D eigenvalue weighted by Crippen LogP contribution is 2.13. The van der Waals surface area contributed by atoms with Crippen molar-refractivity contribution in [2.75, 3.05) is 5.32 Å². The van der Waals surface area contributed by atoms with Crippen molar-refractivity contribution in [1.82, 2.24) is 0 Å². The first-order chi connectivity index (χ1) is 7.17. The van der Waals surface area contributed by atoms with E-state index in [1.54, 1.807) is 0 Å². The zero-order valence-corrected chi connectivity index (χ0v) is 10.7. The minimum Gasteiger partial charge on any atom is -0.325 e. The Morgan fingerprint density at radius 3 is 2.80 bits per heavy atom. The molecular formula is C12H16BrNO. The Hall–Kier alpha value is -0.830. The van der Waals surface area contributed by atoms with Crippen LogP contribution >= 0.6 is 15.9 Å². The number of benzene rings is 1. The fourth-order valence-electron chi connectivity index (χ4n) is 1.27. The number of hydrogen-bond donors (Lipinski definition) is 1. The summed E-state index contributed by atoms with van der Waals surface area (Å²) in [5, 5.41) is 2.88. The number of alkyl halides is 1. The van der Waals surface area contributed by atoms with Crippen molar-refractivity contribution in [3.63, 3.8) is 0 Å². The summed E-state index contributed by atoms with van der Waals surface area (Å²) in [6, 6.07) is 7.93. The molecule has 0 radical (unpaired) electrons. The van der Waals surface area contributed by atoms with Crippen molar-refractivity contribution >= 4 is 27.5 Å². The Bertz CT molecular complexity index is 338. The van der Waals surface area contributed by atoms with Crippen molar-refractivity contribution in [2.45, 2.75) is 31.5 Å². The molecule has 0 spiro atoms. The Kier molecular flexibility index (Phi) is 4.82. The first-order valence-corrected chi connectivity index (χ1v) is 6.12. The molecule has 1 N–H and O–H groups in total. The maximum atomic E-state index is 11.6. The van der Waals surface area contributed by atoms with Crippen LogP contribution < -0.4 is 5.32 Å². The largest absolute Gasteiger partial charge is 0.325 e. The molecule has 0 heterocycles. The molecule has 0 unspecified atom stereocenters. The average Bonchev–Trinajstić information content (AvgIpc) is 2.28. The predicted molar refractivity (Wildman–Crippen MR) is 67.5 cm³/mol. The monoisotopic (exact) mass is 269 g/mol. The van der Waals surface area contributed by atoms with E-state index in [1.807, 2.05) is 25.1 Å². The summed E-state index contributed by atoms with van der Waals surface area (Å²) in [5.74, 6) is 0.0192. The molecule has 82 valence electrons. The lowest BCUT2D eigenvalue weighted by Crippen LogP contribution is -2.21. The average molecular weight is 270 g/mol. The maximum absolute atomic E-state index is 11.6. The quantitative estimate of drug-likeness (QED) is 0.835. The molecule has 0 fully saturated rings. The van der Waals surface area contributed by atoms with E-state index in [2.05, 4.69) is 34.2 Å². The highest BCUT2D eigenvalue weighted by Gasteiger charge is 2.11. The summed E-state index contributed by atoms with van der Waals surface area (Å²) >= 11 is 3.32.